The number of hydrazine groups is 1. The SMILES string of the molecule is C/C(=C(/N)C(C)C)N(N)CCCC(=O)O. The number of allylic oxidation sites excluding steroid dienone is 2. The minimum atomic E-state index is -0.804. The van der Waals surface area contributed by atoms with Crippen molar-refractivity contribution in [1.29, 1.82) is 0 Å². The first kappa shape index (κ1) is 13.8. The maximum absolute atomic E-state index is 10.3. The molecule has 0 aromatic heterocycles. The highest BCUT2D eigenvalue weighted by molar-refractivity contribution is 5.66. The average Bonchev–Trinajstić information content (AvgIpc) is 2.14. The van der Waals surface area contributed by atoms with Crippen LogP contribution in [-0.4, -0.2) is 22.6 Å². The molecule has 15 heavy (non-hydrogen) atoms. The van der Waals surface area contributed by atoms with Crippen LogP contribution >= 0.6 is 0 Å². The fourth-order valence-electron chi connectivity index (χ4n) is 1.15. The van der Waals surface area contributed by atoms with Gasteiger partial charge in [-0.15, -0.1) is 0 Å². The molecule has 5 heteroatoms. The van der Waals surface area contributed by atoms with E-state index in [1.807, 2.05) is 20.8 Å². The average molecular weight is 215 g/mol. The lowest BCUT2D eigenvalue weighted by atomic mass is 10.1. The number of nitrogens with two attached hydrogens (primary N) is 2. The molecule has 0 spiro atoms. The van der Waals surface area contributed by atoms with Crippen LogP contribution in [0.25, 0.3) is 0 Å². The molecule has 0 atom stereocenters. The van der Waals surface area contributed by atoms with Gasteiger partial charge in [0.05, 0.1) is 0 Å². The Hall–Kier alpha value is -1.23. The Labute approximate surface area is 90.7 Å². The van der Waals surface area contributed by atoms with Crippen LogP contribution in [0.4, 0.5) is 0 Å². The third-order valence-corrected chi connectivity index (χ3v) is 2.26. The van der Waals surface area contributed by atoms with Gasteiger partial charge in [-0.05, 0) is 19.3 Å². The van der Waals surface area contributed by atoms with Gasteiger partial charge in [0.15, 0.2) is 0 Å². The first-order valence-electron chi connectivity index (χ1n) is 5.06. The number of rotatable bonds is 6. The number of hydrogen-bond acceptors (Lipinski definition) is 4. The van der Waals surface area contributed by atoms with Crippen molar-refractivity contribution in [2.75, 3.05) is 6.54 Å². The van der Waals surface area contributed by atoms with Gasteiger partial charge < -0.3 is 15.8 Å². The second kappa shape index (κ2) is 6.29. The van der Waals surface area contributed by atoms with E-state index in [0.29, 0.717) is 13.0 Å². The summed E-state index contributed by atoms with van der Waals surface area (Å²) in [5, 5.41) is 9.98. The largest absolute Gasteiger partial charge is 0.481 e. The molecule has 5 N–H and O–H groups in total. The van der Waals surface area contributed by atoms with Gasteiger partial charge in [-0.25, -0.2) is 5.84 Å². The van der Waals surface area contributed by atoms with Gasteiger partial charge in [-0.3, -0.25) is 4.79 Å². The standard InChI is InChI=1S/C10H21N3O2/c1-7(2)10(11)8(3)13(12)6-4-5-9(14)15/h7H,4-6,11-12H2,1-3H3,(H,14,15)/b10-8-. The molecule has 0 aliphatic rings. The second-order valence-corrected chi connectivity index (χ2v) is 3.89. The van der Waals surface area contributed by atoms with Crippen molar-refractivity contribution in [3.8, 4) is 0 Å². The first-order valence-corrected chi connectivity index (χ1v) is 5.06. The molecule has 0 aromatic carbocycles. The molecule has 5 nitrogen and oxygen atoms in total. The van der Waals surface area contributed by atoms with E-state index in [9.17, 15) is 4.79 Å². The summed E-state index contributed by atoms with van der Waals surface area (Å²) in [7, 11) is 0. The summed E-state index contributed by atoms with van der Waals surface area (Å²) in [6.45, 7) is 6.33. The van der Waals surface area contributed by atoms with Gasteiger partial charge in [-0.2, -0.15) is 0 Å². The van der Waals surface area contributed by atoms with E-state index < -0.39 is 5.97 Å². The first-order chi connectivity index (χ1) is 6.86. The highest BCUT2D eigenvalue weighted by Gasteiger charge is 2.08. The predicted molar refractivity (Wildman–Crippen MR) is 59.5 cm³/mol. The molecular formula is C10H21N3O2. The Bertz CT molecular complexity index is 249. The second-order valence-electron chi connectivity index (χ2n) is 3.89. The maximum atomic E-state index is 10.3. The number of nitrogens with zero attached hydrogens (tertiary/aromatic N) is 1. The van der Waals surface area contributed by atoms with E-state index in [1.165, 1.54) is 5.01 Å². The highest BCUT2D eigenvalue weighted by Crippen LogP contribution is 2.10. The molecule has 88 valence electrons. The number of carboxylic acid groups (broad SMARTS) is 1. The van der Waals surface area contributed by atoms with Crippen molar-refractivity contribution in [2.45, 2.75) is 33.6 Å². The van der Waals surface area contributed by atoms with Crippen LogP contribution in [0.5, 0.6) is 0 Å². The van der Waals surface area contributed by atoms with Gasteiger partial charge in [-0.1, -0.05) is 13.8 Å². The van der Waals surface area contributed by atoms with Crippen LogP contribution in [0.15, 0.2) is 11.4 Å². The van der Waals surface area contributed by atoms with Gasteiger partial charge in [0.2, 0.25) is 0 Å². The van der Waals surface area contributed by atoms with E-state index in [4.69, 9.17) is 16.7 Å². The fraction of sp³-hybridized carbons (Fsp3) is 0.700. The molecule has 0 radical (unpaired) electrons. The number of carboxylic acids is 1. The summed E-state index contributed by atoms with van der Waals surface area (Å²) in [4.78, 5) is 10.3. The van der Waals surface area contributed by atoms with Crippen molar-refractivity contribution in [2.24, 2.45) is 17.5 Å². The van der Waals surface area contributed by atoms with Gasteiger partial charge >= 0.3 is 5.97 Å². The molecule has 0 bridgehead atoms. The molecule has 0 rings (SSSR count). The normalized spacial score (nSPS) is 12.6. The summed E-state index contributed by atoms with van der Waals surface area (Å²) in [5.41, 5.74) is 7.39. The topological polar surface area (TPSA) is 92.6 Å². The van der Waals surface area contributed by atoms with Crippen LogP contribution in [0, 0.1) is 5.92 Å². The molecule has 0 unspecified atom stereocenters. The van der Waals surface area contributed by atoms with Crippen LogP contribution in [0.3, 0.4) is 0 Å². The fourth-order valence-corrected chi connectivity index (χ4v) is 1.15. The summed E-state index contributed by atoms with van der Waals surface area (Å²) < 4.78 is 0. The molecule has 0 aliphatic heterocycles. The van der Waals surface area contributed by atoms with E-state index in [0.717, 1.165) is 11.4 Å². The molecule has 0 heterocycles. The zero-order valence-corrected chi connectivity index (χ0v) is 9.66. The van der Waals surface area contributed by atoms with E-state index in [1.54, 1.807) is 0 Å². The smallest absolute Gasteiger partial charge is 0.303 e. The lowest BCUT2D eigenvalue weighted by Crippen LogP contribution is -2.33. The zero-order valence-electron chi connectivity index (χ0n) is 9.66. The number of aliphatic carboxylic acids is 1. The zero-order chi connectivity index (χ0) is 12.0. The number of hydrogen-bond donors (Lipinski definition) is 3. The van der Waals surface area contributed by atoms with Crippen molar-refractivity contribution in [3.63, 3.8) is 0 Å². The Morgan fingerprint density at radius 1 is 1.47 bits per heavy atom. The van der Waals surface area contributed by atoms with Crippen molar-refractivity contribution in [1.82, 2.24) is 5.01 Å². The van der Waals surface area contributed by atoms with Crippen LogP contribution in [0.2, 0.25) is 0 Å². The van der Waals surface area contributed by atoms with Crippen LogP contribution in [0.1, 0.15) is 33.6 Å². The molecule has 0 fully saturated rings. The summed E-state index contributed by atoms with van der Waals surface area (Å²) in [6.07, 6.45) is 0.650. The van der Waals surface area contributed by atoms with E-state index in [2.05, 4.69) is 0 Å². The molecular weight excluding hydrogens is 194 g/mol. The Kier molecular flexibility index (Phi) is 5.77. The monoisotopic (exact) mass is 215 g/mol. The lowest BCUT2D eigenvalue weighted by Gasteiger charge is -2.22. The third-order valence-electron chi connectivity index (χ3n) is 2.26. The Morgan fingerprint density at radius 3 is 2.40 bits per heavy atom. The molecule has 0 saturated heterocycles. The van der Waals surface area contributed by atoms with Crippen molar-refractivity contribution < 1.29 is 9.90 Å². The third kappa shape index (κ3) is 5.27. The predicted octanol–water partition coefficient (Wildman–Crippen LogP) is 0.873. The summed E-state index contributed by atoms with van der Waals surface area (Å²) >= 11 is 0. The van der Waals surface area contributed by atoms with E-state index in [-0.39, 0.29) is 12.3 Å². The molecule has 0 saturated carbocycles. The van der Waals surface area contributed by atoms with Crippen LogP contribution in [-0.2, 0) is 4.79 Å². The molecule has 0 aromatic rings. The minimum absolute atomic E-state index is 0.128. The van der Waals surface area contributed by atoms with Gasteiger partial charge in [0, 0.05) is 24.4 Å². The minimum Gasteiger partial charge on any atom is -0.481 e. The van der Waals surface area contributed by atoms with Gasteiger partial charge in [0.25, 0.3) is 0 Å². The van der Waals surface area contributed by atoms with Crippen LogP contribution < -0.4 is 11.6 Å². The Balaban J connectivity index is 4.15. The summed E-state index contributed by atoms with van der Waals surface area (Å²) in [5.74, 6) is 5.19. The molecule has 0 amide bonds. The Morgan fingerprint density at radius 2 is 2.00 bits per heavy atom. The molecule has 0 aliphatic carbocycles. The summed E-state index contributed by atoms with van der Waals surface area (Å²) in [6, 6.07) is 0. The number of carbonyl (C=O) groups is 1. The maximum Gasteiger partial charge on any atom is 0.303 e. The van der Waals surface area contributed by atoms with Gasteiger partial charge in [0.1, 0.15) is 0 Å². The van der Waals surface area contributed by atoms with Crippen molar-refractivity contribution >= 4 is 5.97 Å². The quantitative estimate of drug-likeness (QED) is 0.451. The van der Waals surface area contributed by atoms with E-state index >= 15 is 0 Å². The lowest BCUT2D eigenvalue weighted by molar-refractivity contribution is -0.137. The van der Waals surface area contributed by atoms with Crippen molar-refractivity contribution in [3.05, 3.63) is 11.4 Å². The highest BCUT2D eigenvalue weighted by atomic mass is 16.4.